The zero-order valence-corrected chi connectivity index (χ0v) is 25.4. The number of amides is 2. The molecule has 0 unspecified atom stereocenters. The van der Waals surface area contributed by atoms with Crippen molar-refractivity contribution in [1.29, 1.82) is 0 Å². The molecule has 0 saturated carbocycles. The van der Waals surface area contributed by atoms with E-state index in [4.69, 9.17) is 0 Å². The molecule has 1 fully saturated rings. The van der Waals surface area contributed by atoms with Crippen LogP contribution < -0.4 is 16.2 Å². The largest absolute Gasteiger partial charge is 0.393 e. The lowest BCUT2D eigenvalue weighted by Crippen LogP contribution is -2.40. The van der Waals surface area contributed by atoms with Gasteiger partial charge in [0.25, 0.3) is 17.4 Å². The molecule has 5 rings (SSSR count). The summed E-state index contributed by atoms with van der Waals surface area (Å²) >= 11 is 0. The minimum atomic E-state index is -0.357. The number of aliphatic hydroxyl groups is 1. The van der Waals surface area contributed by atoms with Crippen molar-refractivity contribution in [1.82, 2.24) is 9.47 Å². The number of likely N-dealkylation sites (tertiary alicyclic amines) is 1. The van der Waals surface area contributed by atoms with Crippen LogP contribution in [0, 0.1) is 6.92 Å². The zero-order chi connectivity index (χ0) is 30.9. The Labute approximate surface area is 252 Å². The van der Waals surface area contributed by atoms with Crippen LogP contribution in [0.3, 0.4) is 0 Å². The molecule has 1 aromatic heterocycles. The van der Waals surface area contributed by atoms with E-state index >= 15 is 0 Å². The maximum absolute atomic E-state index is 13.1. The van der Waals surface area contributed by atoms with Gasteiger partial charge in [0.2, 0.25) is 0 Å². The third-order valence-electron chi connectivity index (χ3n) is 8.13. The number of aryl methyl sites for hydroxylation is 1. The van der Waals surface area contributed by atoms with Gasteiger partial charge >= 0.3 is 0 Å². The molecule has 2 aliphatic heterocycles. The first-order chi connectivity index (χ1) is 20.4. The second-order valence-corrected chi connectivity index (χ2v) is 12.4. The second kappa shape index (κ2) is 12.0. The standard InChI is InChI=1S/C34H39N5O4/c1-21-27(7-6-8-28(21)37-31(41)22-9-11-25(12-10-22)34(2,3)4)24-17-29(33(43)38(5)20-24)36-30-18-23(19-35-30)32(42)39-15-13-26(40)14-16-39/h6-12,17,19-20,26,40H,13-16,18H2,1-5H3,(H,35,36)(H,37,41). The van der Waals surface area contributed by atoms with E-state index in [2.05, 4.69) is 36.4 Å². The summed E-state index contributed by atoms with van der Waals surface area (Å²) in [6.45, 7) is 9.39. The summed E-state index contributed by atoms with van der Waals surface area (Å²) in [5, 5.41) is 15.9. The number of anilines is 2. The van der Waals surface area contributed by atoms with Gasteiger partial charge in [-0.3, -0.25) is 14.4 Å². The van der Waals surface area contributed by atoms with Gasteiger partial charge in [0.1, 0.15) is 11.5 Å². The monoisotopic (exact) mass is 581 g/mol. The number of nitrogens with one attached hydrogen (secondary N) is 2. The molecule has 3 N–H and O–H groups in total. The van der Waals surface area contributed by atoms with Crippen molar-refractivity contribution in [3.63, 3.8) is 0 Å². The fourth-order valence-corrected chi connectivity index (χ4v) is 5.41. The van der Waals surface area contributed by atoms with Gasteiger partial charge in [0, 0.05) is 61.3 Å². The Morgan fingerprint density at radius 3 is 2.40 bits per heavy atom. The van der Waals surface area contributed by atoms with Crippen LogP contribution in [0.5, 0.6) is 0 Å². The van der Waals surface area contributed by atoms with Crippen LogP contribution in [0.4, 0.5) is 11.4 Å². The Morgan fingerprint density at radius 1 is 1.02 bits per heavy atom. The Balaban J connectivity index is 1.31. The fraction of sp³-hybridized carbons (Fsp3) is 0.353. The van der Waals surface area contributed by atoms with Gasteiger partial charge < -0.3 is 25.2 Å². The first kappa shape index (κ1) is 30.0. The van der Waals surface area contributed by atoms with Gasteiger partial charge in [-0.1, -0.05) is 45.0 Å². The molecule has 0 bridgehead atoms. The number of nitrogens with zero attached hydrogens (tertiary/aromatic N) is 3. The van der Waals surface area contributed by atoms with Gasteiger partial charge in [0.15, 0.2) is 0 Å². The number of carbonyl (C=O) groups excluding carboxylic acids is 2. The highest BCUT2D eigenvalue weighted by Gasteiger charge is 2.26. The van der Waals surface area contributed by atoms with Crippen LogP contribution in [-0.4, -0.2) is 51.4 Å². The van der Waals surface area contributed by atoms with Crippen LogP contribution in [0.2, 0.25) is 0 Å². The number of rotatable bonds is 5. The van der Waals surface area contributed by atoms with E-state index in [-0.39, 0.29) is 28.9 Å². The summed E-state index contributed by atoms with van der Waals surface area (Å²) in [5.41, 5.74) is 5.62. The number of hydrogen-bond acceptors (Lipinski definition) is 6. The van der Waals surface area contributed by atoms with E-state index in [1.807, 2.05) is 49.4 Å². The van der Waals surface area contributed by atoms with E-state index in [0.29, 0.717) is 60.7 Å². The van der Waals surface area contributed by atoms with Crippen LogP contribution in [0.25, 0.3) is 11.1 Å². The molecule has 1 saturated heterocycles. The molecule has 3 aromatic rings. The van der Waals surface area contributed by atoms with Gasteiger partial charge in [-0.05, 0) is 66.1 Å². The average molecular weight is 582 g/mol. The molecule has 2 aliphatic rings. The summed E-state index contributed by atoms with van der Waals surface area (Å²) in [5.74, 6) is 0.236. The third-order valence-corrected chi connectivity index (χ3v) is 8.13. The normalized spacial score (nSPS) is 15.6. The number of piperidine rings is 1. The van der Waals surface area contributed by atoms with Crippen molar-refractivity contribution < 1.29 is 14.7 Å². The van der Waals surface area contributed by atoms with Crippen LogP contribution in [-0.2, 0) is 17.3 Å². The molecule has 2 amide bonds. The molecule has 9 heteroatoms. The summed E-state index contributed by atoms with van der Waals surface area (Å²) in [6.07, 6.45) is 4.40. The Bertz CT molecular complexity index is 1670. The summed E-state index contributed by atoms with van der Waals surface area (Å²) in [6, 6.07) is 15.1. The number of amidine groups is 1. The lowest BCUT2D eigenvalue weighted by atomic mass is 9.86. The zero-order valence-electron chi connectivity index (χ0n) is 25.4. The van der Waals surface area contributed by atoms with E-state index in [1.54, 1.807) is 30.4 Å². The quantitative estimate of drug-likeness (QED) is 0.393. The molecular formula is C34H39N5O4. The molecule has 0 atom stereocenters. The fourth-order valence-electron chi connectivity index (χ4n) is 5.41. The van der Waals surface area contributed by atoms with Crippen LogP contribution in [0.1, 0.15) is 61.5 Å². The maximum atomic E-state index is 13.1. The smallest absolute Gasteiger partial charge is 0.274 e. The number of aliphatic hydroxyl groups excluding tert-OH is 1. The topological polar surface area (TPSA) is 116 Å². The van der Waals surface area contributed by atoms with Crippen molar-refractivity contribution >= 4 is 29.0 Å². The van der Waals surface area contributed by atoms with Gasteiger partial charge in [0.05, 0.1) is 6.10 Å². The molecule has 43 heavy (non-hydrogen) atoms. The number of pyridine rings is 1. The van der Waals surface area contributed by atoms with E-state index in [0.717, 1.165) is 22.3 Å². The minimum Gasteiger partial charge on any atom is -0.393 e. The van der Waals surface area contributed by atoms with E-state index in [1.165, 1.54) is 4.57 Å². The molecule has 0 radical (unpaired) electrons. The van der Waals surface area contributed by atoms with Crippen molar-refractivity contribution in [2.75, 3.05) is 23.7 Å². The first-order valence-corrected chi connectivity index (χ1v) is 14.6. The maximum Gasteiger partial charge on any atom is 0.274 e. The Kier molecular flexibility index (Phi) is 8.37. The highest BCUT2D eigenvalue weighted by molar-refractivity contribution is 6.07. The second-order valence-electron chi connectivity index (χ2n) is 12.4. The molecule has 224 valence electrons. The van der Waals surface area contributed by atoms with Crippen LogP contribution in [0.15, 0.2) is 76.3 Å². The van der Waals surface area contributed by atoms with Crippen molar-refractivity contribution in [2.24, 2.45) is 12.0 Å². The van der Waals surface area contributed by atoms with Crippen molar-refractivity contribution in [3.8, 4) is 11.1 Å². The SMILES string of the molecule is Cc1c(NC(=O)c2ccc(C(C)(C)C)cc2)cccc1-c1cc(NC2=NC=C(C(=O)N3CCC(O)CC3)C2)c(=O)n(C)c1. The van der Waals surface area contributed by atoms with Gasteiger partial charge in [-0.15, -0.1) is 0 Å². The third kappa shape index (κ3) is 6.62. The van der Waals surface area contributed by atoms with Gasteiger partial charge in [-0.2, -0.15) is 0 Å². The molecule has 0 spiro atoms. The first-order valence-electron chi connectivity index (χ1n) is 14.6. The number of hydrogen-bond donors (Lipinski definition) is 3. The van der Waals surface area contributed by atoms with Gasteiger partial charge in [-0.25, -0.2) is 4.99 Å². The van der Waals surface area contributed by atoms with E-state index in [9.17, 15) is 19.5 Å². The van der Waals surface area contributed by atoms with Crippen molar-refractivity contribution in [2.45, 2.75) is 58.5 Å². The molecule has 2 aromatic carbocycles. The highest BCUT2D eigenvalue weighted by atomic mass is 16.3. The van der Waals surface area contributed by atoms with Crippen LogP contribution >= 0.6 is 0 Å². The lowest BCUT2D eigenvalue weighted by molar-refractivity contribution is -0.129. The minimum absolute atomic E-state index is 0.00236. The summed E-state index contributed by atoms with van der Waals surface area (Å²) in [7, 11) is 1.69. The molecular weight excluding hydrogens is 542 g/mol. The number of aromatic nitrogens is 1. The molecule has 0 aliphatic carbocycles. The highest BCUT2D eigenvalue weighted by Crippen LogP contribution is 2.30. The predicted octanol–water partition coefficient (Wildman–Crippen LogP) is 4.99. The van der Waals surface area contributed by atoms with E-state index < -0.39 is 0 Å². The summed E-state index contributed by atoms with van der Waals surface area (Å²) in [4.78, 5) is 45.2. The molecule has 3 heterocycles. The number of aliphatic imine (C=N–C) groups is 1. The Hall–Kier alpha value is -4.50. The Morgan fingerprint density at radius 2 is 1.72 bits per heavy atom. The summed E-state index contributed by atoms with van der Waals surface area (Å²) < 4.78 is 1.51. The average Bonchev–Trinajstić information content (AvgIpc) is 3.44. The number of carbonyl (C=O) groups is 2. The lowest BCUT2D eigenvalue weighted by Gasteiger charge is -2.29. The molecule has 9 nitrogen and oxygen atoms in total. The number of benzene rings is 2. The predicted molar refractivity (Wildman–Crippen MR) is 171 cm³/mol. The van der Waals surface area contributed by atoms with Crippen molar-refractivity contribution in [3.05, 3.63) is 93.5 Å².